The van der Waals surface area contributed by atoms with Crippen molar-refractivity contribution in [1.29, 1.82) is 0 Å². The highest BCUT2D eigenvalue weighted by Gasteiger charge is 2.24. The van der Waals surface area contributed by atoms with Crippen molar-refractivity contribution >= 4 is 10.8 Å². The summed E-state index contributed by atoms with van der Waals surface area (Å²) >= 11 is 0. The van der Waals surface area contributed by atoms with Crippen LogP contribution in [0, 0.1) is 0 Å². The van der Waals surface area contributed by atoms with Gasteiger partial charge >= 0.3 is 0 Å². The van der Waals surface area contributed by atoms with Crippen LogP contribution in [0.25, 0.3) is 0 Å². The summed E-state index contributed by atoms with van der Waals surface area (Å²) in [7, 11) is -0.654. The van der Waals surface area contributed by atoms with E-state index in [1.54, 1.807) is 0 Å². The van der Waals surface area contributed by atoms with E-state index in [0.29, 0.717) is 0 Å². The lowest BCUT2D eigenvalue weighted by Gasteiger charge is -2.37. The largest absolute Gasteiger partial charge is 1.00 e. The lowest BCUT2D eigenvalue weighted by atomic mass is 10.3. The Hall–Kier alpha value is 1.03. The summed E-state index contributed by atoms with van der Waals surface area (Å²) < 4.78 is 14.5. The van der Waals surface area contributed by atoms with E-state index in [1.807, 2.05) is 0 Å². The molecule has 0 saturated carbocycles. The molecule has 0 N–H and O–H groups in total. The Labute approximate surface area is 163 Å². The van der Waals surface area contributed by atoms with Crippen molar-refractivity contribution in [2.45, 2.75) is 41.5 Å². The Morgan fingerprint density at radius 2 is 0.818 bits per heavy atom. The fourth-order valence-electron chi connectivity index (χ4n) is 2.98. The fraction of sp³-hybridized carbons (Fsp3) is 1.00. The minimum atomic E-state index is -0.654. The first-order chi connectivity index (χ1) is 9.46. The van der Waals surface area contributed by atoms with Crippen molar-refractivity contribution in [2.24, 2.45) is 0 Å². The lowest BCUT2D eigenvalue weighted by Crippen LogP contribution is -3.00. The van der Waals surface area contributed by atoms with Crippen molar-refractivity contribution in [3.05, 3.63) is 0 Å². The molecule has 0 aliphatic rings. The average molecular weight is 466 g/mol. The third-order valence-corrected chi connectivity index (χ3v) is 6.89. The zero-order chi connectivity index (χ0) is 15.6. The third-order valence-electron chi connectivity index (χ3n) is 5.61. The number of hydrogen-bond acceptors (Lipinski definition) is 1. The van der Waals surface area contributed by atoms with Crippen LogP contribution in [0.15, 0.2) is 0 Å². The summed E-state index contributed by atoms with van der Waals surface area (Å²) in [6.45, 7) is 22.6. The van der Waals surface area contributed by atoms with E-state index in [0.717, 1.165) is 72.8 Å². The molecule has 0 spiro atoms. The van der Waals surface area contributed by atoms with Gasteiger partial charge in [-0.25, -0.2) is 0 Å². The Morgan fingerprint density at radius 1 is 0.591 bits per heavy atom. The van der Waals surface area contributed by atoms with Crippen LogP contribution >= 0.6 is 0 Å². The highest BCUT2D eigenvalue weighted by atomic mass is 79.9. The molecule has 0 atom stereocenters. The summed E-state index contributed by atoms with van der Waals surface area (Å²) in [5, 5.41) is 0. The number of rotatable bonds is 12. The van der Waals surface area contributed by atoms with E-state index in [4.69, 9.17) is 0 Å². The molecule has 0 radical (unpaired) electrons. The van der Waals surface area contributed by atoms with Crippen LogP contribution in [0.4, 0.5) is 0 Å². The molecule has 0 aromatic heterocycles. The molecule has 0 amide bonds. The maximum absolute atomic E-state index is 12.3. The van der Waals surface area contributed by atoms with Gasteiger partial charge in [0.2, 0.25) is 0 Å². The van der Waals surface area contributed by atoms with Gasteiger partial charge in [-0.2, -0.15) is 0 Å². The first kappa shape index (κ1) is 27.9. The molecule has 138 valence electrons. The second kappa shape index (κ2) is 14.4. The lowest BCUT2D eigenvalue weighted by molar-refractivity contribution is -0.921. The molecular weight excluding hydrogens is 428 g/mol. The molecule has 0 fully saturated rings. The van der Waals surface area contributed by atoms with E-state index in [2.05, 4.69) is 41.5 Å². The smallest absolute Gasteiger partial charge is 0.0903 e. The molecule has 6 heteroatoms. The Morgan fingerprint density at radius 3 is 1.00 bits per heavy atom. The van der Waals surface area contributed by atoms with Crippen molar-refractivity contribution in [3.63, 3.8) is 0 Å². The van der Waals surface area contributed by atoms with Gasteiger partial charge in [0, 0.05) is 10.8 Å². The van der Waals surface area contributed by atoms with Gasteiger partial charge in [0.15, 0.2) is 0 Å². The molecule has 0 aromatic carbocycles. The summed E-state index contributed by atoms with van der Waals surface area (Å²) in [5.41, 5.74) is 0. The summed E-state index contributed by atoms with van der Waals surface area (Å²) in [4.78, 5) is 0. The van der Waals surface area contributed by atoms with Gasteiger partial charge in [0.05, 0.1) is 63.9 Å². The van der Waals surface area contributed by atoms with Gasteiger partial charge in [-0.05, 0) is 41.5 Å². The van der Waals surface area contributed by atoms with Crippen LogP contribution in [0.3, 0.4) is 0 Å². The van der Waals surface area contributed by atoms with Crippen molar-refractivity contribution < 1.29 is 47.1 Å². The van der Waals surface area contributed by atoms with E-state index in [1.165, 1.54) is 0 Å². The monoisotopic (exact) mass is 464 g/mol. The summed E-state index contributed by atoms with van der Waals surface area (Å²) in [5.74, 6) is 1.74. The molecule has 0 aromatic rings. The maximum Gasteiger partial charge on any atom is 0.0903 e. The molecule has 3 nitrogen and oxygen atoms in total. The second-order valence-corrected chi connectivity index (χ2v) is 7.57. The molecule has 0 bridgehead atoms. The van der Waals surface area contributed by atoms with E-state index < -0.39 is 10.8 Å². The fourth-order valence-corrected chi connectivity index (χ4v) is 4.37. The topological polar surface area (TPSA) is 17.1 Å². The molecule has 0 saturated heterocycles. The second-order valence-electron chi connectivity index (χ2n) is 5.88. The number of nitrogens with zero attached hydrogens (tertiary/aromatic N) is 2. The quantitative estimate of drug-likeness (QED) is 0.273. The number of hydrogen-bond donors (Lipinski definition) is 0. The Kier molecular flexibility index (Phi) is 18.2. The SMILES string of the molecule is CC[N+](CC)(CC)CCS(=O)CC[N+](CC)(CC)CC.[Br-].[Br-]. The maximum atomic E-state index is 12.3. The number of halogens is 2. The first-order valence-electron chi connectivity index (χ1n) is 8.52. The minimum Gasteiger partial charge on any atom is -1.00 e. The number of quaternary nitrogens is 2. The highest BCUT2D eigenvalue weighted by molar-refractivity contribution is 7.85. The Bertz CT molecular complexity index is 241. The average Bonchev–Trinajstić information content (AvgIpc) is 2.51. The summed E-state index contributed by atoms with van der Waals surface area (Å²) in [6.07, 6.45) is 0. The van der Waals surface area contributed by atoms with Gasteiger partial charge in [0.25, 0.3) is 0 Å². The van der Waals surface area contributed by atoms with E-state index in [-0.39, 0.29) is 34.0 Å². The summed E-state index contributed by atoms with van der Waals surface area (Å²) in [6, 6.07) is 0. The predicted molar refractivity (Wildman–Crippen MR) is 91.4 cm³/mol. The van der Waals surface area contributed by atoms with Crippen LogP contribution in [-0.2, 0) is 10.8 Å². The van der Waals surface area contributed by atoms with E-state index >= 15 is 0 Å². The van der Waals surface area contributed by atoms with Gasteiger partial charge in [-0.15, -0.1) is 0 Å². The zero-order valence-electron chi connectivity index (χ0n) is 15.5. The van der Waals surface area contributed by atoms with Crippen molar-refractivity contribution in [2.75, 3.05) is 63.9 Å². The minimum absolute atomic E-state index is 0. The third kappa shape index (κ3) is 8.76. The van der Waals surface area contributed by atoms with Gasteiger partial charge in [0.1, 0.15) is 0 Å². The van der Waals surface area contributed by atoms with Crippen LogP contribution in [-0.4, -0.2) is 77.0 Å². The predicted octanol–water partition coefficient (Wildman–Crippen LogP) is -3.50. The van der Waals surface area contributed by atoms with Crippen LogP contribution < -0.4 is 34.0 Å². The molecule has 0 heterocycles. The molecule has 0 rings (SSSR count). The normalized spacial score (nSPS) is 12.0. The highest BCUT2D eigenvalue weighted by Crippen LogP contribution is 2.08. The van der Waals surface area contributed by atoms with Crippen LogP contribution in [0.1, 0.15) is 41.5 Å². The molecule has 0 aliphatic carbocycles. The van der Waals surface area contributed by atoms with Crippen molar-refractivity contribution in [3.8, 4) is 0 Å². The first-order valence-corrected chi connectivity index (χ1v) is 10.0. The Balaban J connectivity index is -0.00000180. The van der Waals surface area contributed by atoms with E-state index in [9.17, 15) is 4.21 Å². The molecule has 22 heavy (non-hydrogen) atoms. The van der Waals surface area contributed by atoms with Crippen molar-refractivity contribution in [1.82, 2.24) is 0 Å². The molecular formula is C16H38Br2N2OS. The van der Waals surface area contributed by atoms with Gasteiger partial charge < -0.3 is 42.9 Å². The zero-order valence-corrected chi connectivity index (χ0v) is 19.5. The molecule has 0 unspecified atom stereocenters. The standard InChI is InChI=1S/C16H38N2OS.2BrH/c1-7-17(8-2,9-3)13-15-20(19)16-14-18(10-4,11-5)12-6;;/h7-16H2,1-6H3;2*1H/q+2;;/p-2. The van der Waals surface area contributed by atoms with Gasteiger partial charge in [-0.1, -0.05) is 0 Å². The van der Waals surface area contributed by atoms with Gasteiger partial charge in [-0.3, -0.25) is 4.21 Å². The molecule has 0 aliphatic heterocycles. The van der Waals surface area contributed by atoms with Crippen LogP contribution in [0.2, 0.25) is 0 Å². The van der Waals surface area contributed by atoms with Crippen LogP contribution in [0.5, 0.6) is 0 Å².